The van der Waals surface area contributed by atoms with Crippen LogP contribution in [0, 0.1) is 19.8 Å². The number of likely N-dealkylation sites (tertiary alicyclic amines) is 1. The second-order valence-corrected chi connectivity index (χ2v) is 6.37. The van der Waals surface area contributed by atoms with Gasteiger partial charge in [-0.1, -0.05) is 0 Å². The molecule has 1 atom stereocenters. The summed E-state index contributed by atoms with van der Waals surface area (Å²) < 4.78 is 16.0. The van der Waals surface area contributed by atoms with Crippen molar-refractivity contribution in [1.82, 2.24) is 10.2 Å². The number of nitrogens with one attached hydrogen (secondary N) is 1. The van der Waals surface area contributed by atoms with Crippen LogP contribution < -0.4 is 10.1 Å². The van der Waals surface area contributed by atoms with Gasteiger partial charge in [0.15, 0.2) is 5.76 Å². The Morgan fingerprint density at radius 3 is 2.88 bits per heavy atom. The Morgan fingerprint density at radius 2 is 2.21 bits per heavy atom. The van der Waals surface area contributed by atoms with Gasteiger partial charge in [0.2, 0.25) is 0 Å². The Balaban J connectivity index is 1.45. The first kappa shape index (κ1) is 16.6. The summed E-state index contributed by atoms with van der Waals surface area (Å²) in [5.74, 6) is 2.87. The monoisotopic (exact) mass is 332 g/mol. The average Bonchev–Trinajstić information content (AvgIpc) is 3.27. The Hall–Kier alpha value is -2.21. The minimum absolute atomic E-state index is 0.200. The number of carbonyl (C=O) groups is 1. The van der Waals surface area contributed by atoms with Gasteiger partial charge in [-0.15, -0.1) is 0 Å². The van der Waals surface area contributed by atoms with Crippen molar-refractivity contribution >= 4 is 5.91 Å². The molecule has 1 N–H and O–H groups in total. The summed E-state index contributed by atoms with van der Waals surface area (Å²) in [6.07, 6.45) is 1.07. The van der Waals surface area contributed by atoms with Crippen LogP contribution >= 0.6 is 0 Å². The Kier molecular flexibility index (Phi) is 4.94. The van der Waals surface area contributed by atoms with Gasteiger partial charge in [0, 0.05) is 19.2 Å². The molecule has 1 amide bonds. The molecule has 2 aromatic rings. The third kappa shape index (κ3) is 3.82. The number of ether oxygens (including phenoxy) is 1. The molecular formula is C18H24N2O4. The quantitative estimate of drug-likeness (QED) is 0.881. The molecule has 24 heavy (non-hydrogen) atoms. The Bertz CT molecular complexity index is 684. The number of carbonyl (C=O) groups excluding carboxylic acids is 1. The highest BCUT2D eigenvalue weighted by molar-refractivity contribution is 5.91. The van der Waals surface area contributed by atoms with Crippen LogP contribution in [0.15, 0.2) is 27.0 Å². The van der Waals surface area contributed by atoms with E-state index in [4.69, 9.17) is 13.6 Å². The van der Waals surface area contributed by atoms with Gasteiger partial charge >= 0.3 is 0 Å². The predicted molar refractivity (Wildman–Crippen MR) is 89.2 cm³/mol. The summed E-state index contributed by atoms with van der Waals surface area (Å²) in [5.41, 5.74) is 1.20. The van der Waals surface area contributed by atoms with Crippen molar-refractivity contribution in [3.63, 3.8) is 0 Å². The highest BCUT2D eigenvalue weighted by atomic mass is 16.6. The van der Waals surface area contributed by atoms with Crippen molar-refractivity contribution in [2.45, 2.75) is 26.8 Å². The lowest BCUT2D eigenvalue weighted by atomic mass is 10.1. The lowest BCUT2D eigenvalue weighted by Gasteiger charge is -2.14. The summed E-state index contributed by atoms with van der Waals surface area (Å²) in [7, 11) is 1.51. The summed E-state index contributed by atoms with van der Waals surface area (Å²) in [5, 5.41) is 2.94. The molecule has 0 bridgehead atoms. The first-order valence-electron chi connectivity index (χ1n) is 8.25. The van der Waals surface area contributed by atoms with Gasteiger partial charge in [-0.3, -0.25) is 9.69 Å². The second-order valence-electron chi connectivity index (χ2n) is 6.37. The number of hydrogen-bond acceptors (Lipinski definition) is 5. The third-order valence-electron chi connectivity index (χ3n) is 4.52. The number of amides is 1. The average molecular weight is 332 g/mol. The molecule has 1 saturated heterocycles. The standard InChI is InChI=1S/C18H24N2O4/c1-12-8-15(23-13(12)2)11-20-7-6-14(10-20)9-19-18(21)16-4-5-17(22-3)24-16/h4-5,8,14H,6-7,9-11H2,1-3H3,(H,19,21)/t14-/m1/s1. The number of rotatable bonds is 6. The highest BCUT2D eigenvalue weighted by Crippen LogP contribution is 2.21. The molecule has 0 unspecified atom stereocenters. The number of methoxy groups -OCH3 is 1. The first-order chi connectivity index (χ1) is 11.5. The van der Waals surface area contributed by atoms with E-state index < -0.39 is 0 Å². The molecule has 0 saturated carbocycles. The molecule has 0 radical (unpaired) electrons. The molecule has 0 spiro atoms. The van der Waals surface area contributed by atoms with Crippen LogP contribution in [0.2, 0.25) is 0 Å². The Morgan fingerprint density at radius 1 is 1.38 bits per heavy atom. The maximum absolute atomic E-state index is 12.1. The van der Waals surface area contributed by atoms with Crippen LogP contribution in [0.5, 0.6) is 5.95 Å². The van der Waals surface area contributed by atoms with Crippen molar-refractivity contribution in [2.75, 3.05) is 26.7 Å². The van der Waals surface area contributed by atoms with E-state index in [0.717, 1.165) is 37.6 Å². The molecule has 1 aliphatic rings. The fourth-order valence-electron chi connectivity index (χ4n) is 3.05. The fraction of sp³-hybridized carbons (Fsp3) is 0.500. The van der Waals surface area contributed by atoms with E-state index in [-0.39, 0.29) is 11.7 Å². The zero-order valence-electron chi connectivity index (χ0n) is 14.4. The van der Waals surface area contributed by atoms with Crippen LogP contribution in [0.4, 0.5) is 0 Å². The predicted octanol–water partition coefficient (Wildman–Crippen LogP) is 2.75. The Labute approximate surface area is 141 Å². The molecule has 1 aliphatic heterocycles. The highest BCUT2D eigenvalue weighted by Gasteiger charge is 2.24. The van der Waals surface area contributed by atoms with Crippen LogP contribution in [0.1, 0.15) is 34.1 Å². The van der Waals surface area contributed by atoms with E-state index in [1.807, 2.05) is 6.92 Å². The lowest BCUT2D eigenvalue weighted by Crippen LogP contribution is -2.30. The largest absolute Gasteiger partial charge is 0.468 e. The number of aryl methyl sites for hydroxylation is 2. The van der Waals surface area contributed by atoms with Gasteiger partial charge < -0.3 is 18.9 Å². The zero-order valence-corrected chi connectivity index (χ0v) is 14.4. The van der Waals surface area contributed by atoms with E-state index in [2.05, 4.69) is 23.2 Å². The summed E-state index contributed by atoms with van der Waals surface area (Å²) in [4.78, 5) is 14.4. The minimum atomic E-state index is -0.200. The van der Waals surface area contributed by atoms with E-state index in [1.54, 1.807) is 12.1 Å². The van der Waals surface area contributed by atoms with Gasteiger partial charge in [-0.2, -0.15) is 0 Å². The van der Waals surface area contributed by atoms with E-state index >= 15 is 0 Å². The minimum Gasteiger partial charge on any atom is -0.468 e. The van der Waals surface area contributed by atoms with Crippen LogP contribution in [0.3, 0.4) is 0 Å². The van der Waals surface area contributed by atoms with Crippen molar-refractivity contribution in [1.29, 1.82) is 0 Å². The zero-order chi connectivity index (χ0) is 17.1. The molecule has 3 heterocycles. The molecule has 130 valence electrons. The van der Waals surface area contributed by atoms with Crippen LogP contribution in [-0.2, 0) is 6.54 Å². The topological polar surface area (TPSA) is 67.8 Å². The lowest BCUT2D eigenvalue weighted by molar-refractivity contribution is 0.0913. The van der Waals surface area contributed by atoms with Crippen LogP contribution in [0.25, 0.3) is 0 Å². The number of furan rings is 2. The first-order valence-corrected chi connectivity index (χ1v) is 8.25. The van der Waals surface area contributed by atoms with Crippen molar-refractivity contribution in [3.8, 4) is 5.95 Å². The SMILES string of the molecule is COc1ccc(C(=O)NC[C@H]2CCN(Cc3cc(C)c(C)o3)C2)o1. The van der Waals surface area contributed by atoms with Gasteiger partial charge in [0.1, 0.15) is 11.5 Å². The summed E-state index contributed by atoms with van der Waals surface area (Å²) in [6, 6.07) is 5.37. The van der Waals surface area contributed by atoms with Crippen molar-refractivity contribution < 1.29 is 18.4 Å². The molecule has 3 rings (SSSR count). The smallest absolute Gasteiger partial charge is 0.287 e. The molecule has 2 aromatic heterocycles. The normalized spacial score (nSPS) is 18.0. The van der Waals surface area contributed by atoms with E-state index in [1.165, 1.54) is 12.7 Å². The van der Waals surface area contributed by atoms with E-state index in [9.17, 15) is 4.79 Å². The molecule has 0 aromatic carbocycles. The van der Waals surface area contributed by atoms with Crippen molar-refractivity contribution in [2.24, 2.45) is 5.92 Å². The van der Waals surface area contributed by atoms with Gasteiger partial charge in [0.25, 0.3) is 11.9 Å². The molecular weight excluding hydrogens is 308 g/mol. The molecule has 6 nitrogen and oxygen atoms in total. The van der Waals surface area contributed by atoms with Crippen LogP contribution in [-0.4, -0.2) is 37.6 Å². The maximum Gasteiger partial charge on any atom is 0.287 e. The third-order valence-corrected chi connectivity index (χ3v) is 4.52. The fourth-order valence-corrected chi connectivity index (χ4v) is 3.05. The van der Waals surface area contributed by atoms with Crippen molar-refractivity contribution in [3.05, 3.63) is 41.0 Å². The number of nitrogens with zero attached hydrogens (tertiary/aromatic N) is 1. The molecule has 6 heteroatoms. The van der Waals surface area contributed by atoms with Gasteiger partial charge in [-0.25, -0.2) is 0 Å². The molecule has 0 aliphatic carbocycles. The molecule has 1 fully saturated rings. The second kappa shape index (κ2) is 7.13. The summed E-state index contributed by atoms with van der Waals surface area (Å²) >= 11 is 0. The summed E-state index contributed by atoms with van der Waals surface area (Å²) in [6.45, 7) is 7.51. The number of hydrogen-bond donors (Lipinski definition) is 1. The van der Waals surface area contributed by atoms with Gasteiger partial charge in [-0.05, 0) is 50.4 Å². The van der Waals surface area contributed by atoms with E-state index in [0.29, 0.717) is 18.4 Å². The van der Waals surface area contributed by atoms with Gasteiger partial charge in [0.05, 0.1) is 13.7 Å². The maximum atomic E-state index is 12.1.